The molecule has 0 aliphatic carbocycles. The van der Waals surface area contributed by atoms with E-state index >= 15 is 0 Å². The molecular weight excluding hydrogens is 229 g/mol. The zero-order chi connectivity index (χ0) is 11.6. The molecule has 0 aromatic heterocycles. The quantitative estimate of drug-likeness (QED) is 0.834. The summed E-state index contributed by atoms with van der Waals surface area (Å²) in [6, 6.07) is 4.67. The van der Waals surface area contributed by atoms with Crippen LogP contribution in [0.2, 0.25) is 5.02 Å². The summed E-state index contributed by atoms with van der Waals surface area (Å²) >= 11 is 6.06. The molecule has 0 atom stereocenters. The lowest BCUT2D eigenvalue weighted by Crippen LogP contribution is -2.43. The lowest BCUT2D eigenvalue weighted by atomic mass is 9.73. The fraction of sp³-hybridized carbons (Fsp3) is 0.500. The average Bonchev–Trinajstić information content (AvgIpc) is 2.30. The summed E-state index contributed by atoms with van der Waals surface area (Å²) in [4.78, 5) is 0. The Morgan fingerprint density at radius 1 is 1.38 bits per heavy atom. The number of halogens is 2. The van der Waals surface area contributed by atoms with Crippen LogP contribution in [-0.2, 0) is 5.41 Å². The summed E-state index contributed by atoms with van der Waals surface area (Å²) in [5.41, 5.74) is -0.0473. The van der Waals surface area contributed by atoms with Crippen LogP contribution in [0.1, 0.15) is 18.4 Å². The molecule has 2 rings (SSSR count). The van der Waals surface area contributed by atoms with Gasteiger partial charge in [0.15, 0.2) is 0 Å². The number of rotatable bonds is 2. The first kappa shape index (κ1) is 11.8. The minimum atomic E-state index is -0.520. The second-order valence-electron chi connectivity index (χ2n) is 4.29. The molecule has 0 radical (unpaired) electrons. The van der Waals surface area contributed by atoms with E-state index in [1.54, 1.807) is 12.1 Å². The lowest BCUT2D eigenvalue weighted by molar-refractivity contribution is 0.155. The van der Waals surface area contributed by atoms with Gasteiger partial charge in [0.05, 0.1) is 6.61 Å². The van der Waals surface area contributed by atoms with E-state index in [9.17, 15) is 9.50 Å². The van der Waals surface area contributed by atoms with Crippen molar-refractivity contribution in [3.05, 3.63) is 34.6 Å². The number of piperidine rings is 1. The largest absolute Gasteiger partial charge is 0.395 e. The van der Waals surface area contributed by atoms with Crippen molar-refractivity contribution >= 4 is 11.6 Å². The molecule has 2 N–H and O–H groups in total. The Morgan fingerprint density at radius 2 is 2.06 bits per heavy atom. The SMILES string of the molecule is OCC1(c2c(F)cccc2Cl)CCNCC1. The van der Waals surface area contributed by atoms with Gasteiger partial charge in [0.25, 0.3) is 0 Å². The molecule has 1 fully saturated rings. The Morgan fingerprint density at radius 3 is 2.62 bits per heavy atom. The van der Waals surface area contributed by atoms with Crippen LogP contribution in [-0.4, -0.2) is 24.8 Å². The van der Waals surface area contributed by atoms with Crippen molar-refractivity contribution in [3.63, 3.8) is 0 Å². The molecule has 1 aromatic carbocycles. The van der Waals surface area contributed by atoms with Gasteiger partial charge in [-0.3, -0.25) is 0 Å². The van der Waals surface area contributed by atoms with Crippen LogP contribution in [0.25, 0.3) is 0 Å². The molecular formula is C12H15ClFNO. The molecule has 2 nitrogen and oxygen atoms in total. The number of benzene rings is 1. The van der Waals surface area contributed by atoms with Crippen LogP contribution < -0.4 is 5.32 Å². The molecule has 1 aromatic rings. The lowest BCUT2D eigenvalue weighted by Gasteiger charge is -2.37. The van der Waals surface area contributed by atoms with E-state index in [4.69, 9.17) is 11.6 Å². The maximum absolute atomic E-state index is 13.9. The van der Waals surface area contributed by atoms with Crippen LogP contribution >= 0.6 is 11.6 Å². The summed E-state index contributed by atoms with van der Waals surface area (Å²) in [5, 5.41) is 13.2. The van der Waals surface area contributed by atoms with Gasteiger partial charge in [0.2, 0.25) is 0 Å². The maximum atomic E-state index is 13.9. The number of nitrogens with one attached hydrogen (secondary N) is 1. The molecule has 0 saturated carbocycles. The second-order valence-corrected chi connectivity index (χ2v) is 4.69. The summed E-state index contributed by atoms with van der Waals surface area (Å²) in [6.07, 6.45) is 1.42. The van der Waals surface area contributed by atoms with Gasteiger partial charge in [-0.15, -0.1) is 0 Å². The molecule has 0 spiro atoms. The van der Waals surface area contributed by atoms with Gasteiger partial charge in [-0.1, -0.05) is 17.7 Å². The molecule has 1 saturated heterocycles. The highest BCUT2D eigenvalue weighted by Crippen LogP contribution is 2.38. The third kappa shape index (κ3) is 1.95. The van der Waals surface area contributed by atoms with Gasteiger partial charge in [-0.05, 0) is 38.1 Å². The highest BCUT2D eigenvalue weighted by molar-refractivity contribution is 6.31. The second kappa shape index (κ2) is 4.70. The van der Waals surface area contributed by atoms with Crippen molar-refractivity contribution in [2.45, 2.75) is 18.3 Å². The van der Waals surface area contributed by atoms with Crippen molar-refractivity contribution in [2.75, 3.05) is 19.7 Å². The van der Waals surface area contributed by atoms with Crippen LogP contribution in [0.3, 0.4) is 0 Å². The van der Waals surface area contributed by atoms with Crippen LogP contribution in [0.5, 0.6) is 0 Å². The summed E-state index contributed by atoms with van der Waals surface area (Å²) < 4.78 is 13.9. The topological polar surface area (TPSA) is 32.3 Å². The van der Waals surface area contributed by atoms with E-state index < -0.39 is 5.41 Å². The minimum Gasteiger partial charge on any atom is -0.395 e. The average molecular weight is 244 g/mol. The molecule has 0 amide bonds. The zero-order valence-electron chi connectivity index (χ0n) is 8.97. The molecule has 4 heteroatoms. The highest BCUT2D eigenvalue weighted by Gasteiger charge is 2.37. The Bertz CT molecular complexity index is 357. The van der Waals surface area contributed by atoms with E-state index in [-0.39, 0.29) is 12.4 Å². The monoisotopic (exact) mass is 243 g/mol. The standard InChI is InChI=1S/C12H15ClFNO/c13-9-2-1-3-10(14)11(9)12(8-16)4-6-15-7-5-12/h1-3,15-16H,4-8H2. The van der Waals surface area contributed by atoms with Gasteiger partial charge >= 0.3 is 0 Å². The fourth-order valence-electron chi connectivity index (χ4n) is 2.40. The fourth-order valence-corrected chi connectivity index (χ4v) is 2.76. The third-order valence-corrected chi connectivity index (χ3v) is 3.67. The van der Waals surface area contributed by atoms with Crippen molar-refractivity contribution in [3.8, 4) is 0 Å². The predicted octanol–water partition coefficient (Wildman–Crippen LogP) is 2.09. The Kier molecular flexibility index (Phi) is 3.47. The first-order valence-electron chi connectivity index (χ1n) is 5.46. The van der Waals surface area contributed by atoms with Gasteiger partial charge < -0.3 is 10.4 Å². The molecule has 88 valence electrons. The number of aliphatic hydroxyl groups is 1. The third-order valence-electron chi connectivity index (χ3n) is 3.36. The first-order valence-corrected chi connectivity index (χ1v) is 5.83. The molecule has 0 unspecified atom stereocenters. The van der Waals surface area contributed by atoms with Crippen molar-refractivity contribution in [1.82, 2.24) is 5.32 Å². The van der Waals surface area contributed by atoms with Gasteiger partial charge in [-0.2, -0.15) is 0 Å². The Hall–Kier alpha value is -0.640. The van der Waals surface area contributed by atoms with Crippen molar-refractivity contribution in [2.24, 2.45) is 0 Å². The number of hydrogen-bond donors (Lipinski definition) is 2. The first-order chi connectivity index (χ1) is 7.69. The molecule has 0 bridgehead atoms. The predicted molar refractivity (Wildman–Crippen MR) is 62.3 cm³/mol. The normalized spacial score (nSPS) is 19.7. The summed E-state index contributed by atoms with van der Waals surface area (Å²) in [7, 11) is 0. The van der Waals surface area contributed by atoms with Crippen LogP contribution in [0.4, 0.5) is 4.39 Å². The van der Waals surface area contributed by atoms with E-state index in [0.29, 0.717) is 23.4 Å². The number of aliphatic hydroxyl groups excluding tert-OH is 1. The molecule has 1 heterocycles. The number of hydrogen-bond acceptors (Lipinski definition) is 2. The van der Waals surface area contributed by atoms with E-state index in [1.807, 2.05) is 0 Å². The molecule has 1 aliphatic rings. The van der Waals surface area contributed by atoms with E-state index in [1.165, 1.54) is 6.07 Å². The Balaban J connectivity index is 2.46. The molecule has 16 heavy (non-hydrogen) atoms. The van der Waals surface area contributed by atoms with Crippen molar-refractivity contribution < 1.29 is 9.50 Å². The van der Waals surface area contributed by atoms with Gasteiger partial charge in [0, 0.05) is 16.0 Å². The summed E-state index contributed by atoms with van der Waals surface area (Å²) in [5.74, 6) is -0.316. The van der Waals surface area contributed by atoms with E-state index in [2.05, 4.69) is 5.32 Å². The molecule has 1 aliphatic heterocycles. The van der Waals surface area contributed by atoms with Crippen LogP contribution in [0.15, 0.2) is 18.2 Å². The van der Waals surface area contributed by atoms with Crippen molar-refractivity contribution in [1.29, 1.82) is 0 Å². The van der Waals surface area contributed by atoms with Crippen LogP contribution in [0, 0.1) is 5.82 Å². The van der Waals surface area contributed by atoms with Gasteiger partial charge in [-0.25, -0.2) is 4.39 Å². The highest BCUT2D eigenvalue weighted by atomic mass is 35.5. The maximum Gasteiger partial charge on any atom is 0.128 e. The smallest absolute Gasteiger partial charge is 0.128 e. The van der Waals surface area contributed by atoms with Gasteiger partial charge in [0.1, 0.15) is 5.82 Å². The Labute approximate surface area is 99.4 Å². The summed E-state index contributed by atoms with van der Waals surface area (Å²) in [6.45, 7) is 1.51. The minimum absolute atomic E-state index is 0.0602. The zero-order valence-corrected chi connectivity index (χ0v) is 9.73. The van der Waals surface area contributed by atoms with E-state index in [0.717, 1.165) is 13.1 Å².